The molecule has 0 bridgehead atoms. The molecule has 10 rings (SSSR count). The highest BCUT2D eigenvalue weighted by molar-refractivity contribution is 5.92. The minimum atomic E-state index is -0.491. The van der Waals surface area contributed by atoms with Crippen molar-refractivity contribution in [3.05, 3.63) is 222 Å². The second-order valence-electron chi connectivity index (χ2n) is 13.3. The van der Waals surface area contributed by atoms with Gasteiger partial charge in [-0.15, -0.1) is 0 Å². The van der Waals surface area contributed by atoms with Crippen LogP contribution in [0.3, 0.4) is 0 Å². The van der Waals surface area contributed by atoms with E-state index in [0.29, 0.717) is 0 Å². The highest BCUT2D eigenvalue weighted by atomic mass is 16.5. The maximum Gasteiger partial charge on any atom is 0.132 e. The number of hydrogen-bond acceptors (Lipinski definition) is 2. The van der Waals surface area contributed by atoms with Crippen LogP contribution in [-0.2, 0) is 5.41 Å². The molecule has 1 aliphatic heterocycles. The molecule has 0 saturated carbocycles. The number of rotatable bonds is 5. The summed E-state index contributed by atoms with van der Waals surface area (Å²) in [6.45, 7) is 0. The molecule has 51 heavy (non-hydrogen) atoms. The van der Waals surface area contributed by atoms with Crippen molar-refractivity contribution >= 4 is 17.1 Å². The first-order valence-electron chi connectivity index (χ1n) is 17.5. The van der Waals surface area contributed by atoms with Gasteiger partial charge in [0.2, 0.25) is 0 Å². The van der Waals surface area contributed by atoms with Gasteiger partial charge < -0.3 is 9.64 Å². The van der Waals surface area contributed by atoms with E-state index in [4.69, 9.17) is 4.74 Å². The fourth-order valence-electron chi connectivity index (χ4n) is 8.30. The fraction of sp³-hybridized carbons (Fsp3) is 0.0204. The zero-order chi connectivity index (χ0) is 33.8. The molecule has 240 valence electrons. The summed E-state index contributed by atoms with van der Waals surface area (Å²) < 4.78 is 6.55. The second kappa shape index (κ2) is 11.8. The molecular formula is C49H33NO. The van der Waals surface area contributed by atoms with Crippen molar-refractivity contribution in [1.82, 2.24) is 0 Å². The maximum atomic E-state index is 6.55. The van der Waals surface area contributed by atoms with Gasteiger partial charge in [0.15, 0.2) is 0 Å². The Balaban J connectivity index is 1.17. The third-order valence-corrected chi connectivity index (χ3v) is 10.6. The normalized spacial score (nSPS) is 13.0. The Labute approximate surface area is 298 Å². The molecule has 0 aromatic heterocycles. The van der Waals surface area contributed by atoms with Crippen LogP contribution in [0.1, 0.15) is 22.3 Å². The van der Waals surface area contributed by atoms with Crippen LogP contribution in [0.25, 0.3) is 33.4 Å². The first-order valence-corrected chi connectivity index (χ1v) is 17.5. The van der Waals surface area contributed by atoms with E-state index in [0.717, 1.165) is 28.6 Å². The van der Waals surface area contributed by atoms with Crippen LogP contribution >= 0.6 is 0 Å². The number of anilines is 3. The van der Waals surface area contributed by atoms with E-state index in [1.807, 2.05) is 0 Å². The minimum Gasteiger partial charge on any atom is -0.457 e. The van der Waals surface area contributed by atoms with Crippen LogP contribution in [0.4, 0.5) is 17.1 Å². The summed E-state index contributed by atoms with van der Waals surface area (Å²) in [5.41, 5.74) is 15.0. The lowest BCUT2D eigenvalue weighted by atomic mass is 9.66. The van der Waals surface area contributed by atoms with Crippen LogP contribution in [0, 0.1) is 0 Å². The molecule has 2 heteroatoms. The molecule has 1 heterocycles. The second-order valence-corrected chi connectivity index (χ2v) is 13.3. The number of nitrogens with zero attached hydrogens (tertiary/aromatic N) is 1. The third kappa shape index (κ3) is 4.57. The van der Waals surface area contributed by atoms with Crippen LogP contribution in [0.15, 0.2) is 200 Å². The van der Waals surface area contributed by atoms with Crippen LogP contribution in [-0.4, -0.2) is 0 Å². The van der Waals surface area contributed by atoms with Gasteiger partial charge in [-0.1, -0.05) is 152 Å². The number of fused-ring (bicyclic) bond motifs is 9. The number of ether oxygens (including phenoxy) is 1. The van der Waals surface area contributed by atoms with Gasteiger partial charge in [-0.2, -0.15) is 0 Å². The number of hydrogen-bond donors (Lipinski definition) is 0. The van der Waals surface area contributed by atoms with Crippen molar-refractivity contribution in [3.8, 4) is 44.9 Å². The molecule has 8 aromatic carbocycles. The zero-order valence-electron chi connectivity index (χ0n) is 27.9. The van der Waals surface area contributed by atoms with Gasteiger partial charge in [0.05, 0.1) is 5.41 Å². The van der Waals surface area contributed by atoms with Gasteiger partial charge in [-0.3, -0.25) is 0 Å². The molecule has 2 aliphatic rings. The fourth-order valence-corrected chi connectivity index (χ4v) is 8.30. The van der Waals surface area contributed by atoms with Gasteiger partial charge >= 0.3 is 0 Å². The Morgan fingerprint density at radius 1 is 0.314 bits per heavy atom. The summed E-state index contributed by atoms with van der Waals surface area (Å²) in [4.78, 5) is 2.38. The lowest BCUT2D eigenvalue weighted by Crippen LogP contribution is -2.32. The molecule has 1 aliphatic carbocycles. The van der Waals surface area contributed by atoms with E-state index in [1.165, 1.54) is 55.6 Å². The zero-order valence-corrected chi connectivity index (χ0v) is 27.9. The highest BCUT2D eigenvalue weighted by Crippen LogP contribution is 2.62. The Morgan fingerprint density at radius 3 is 1.27 bits per heavy atom. The van der Waals surface area contributed by atoms with Crippen molar-refractivity contribution in [1.29, 1.82) is 0 Å². The molecule has 2 nitrogen and oxygen atoms in total. The van der Waals surface area contributed by atoms with Gasteiger partial charge in [0.25, 0.3) is 0 Å². The molecular weight excluding hydrogens is 619 g/mol. The topological polar surface area (TPSA) is 12.5 Å². The third-order valence-electron chi connectivity index (χ3n) is 10.6. The number of benzene rings is 8. The molecule has 0 N–H and O–H groups in total. The van der Waals surface area contributed by atoms with Gasteiger partial charge in [-0.25, -0.2) is 0 Å². The Bertz CT molecular complexity index is 2410. The molecule has 0 fully saturated rings. The molecule has 0 saturated heterocycles. The van der Waals surface area contributed by atoms with E-state index in [1.54, 1.807) is 0 Å². The molecule has 0 amide bonds. The van der Waals surface area contributed by atoms with Crippen LogP contribution < -0.4 is 9.64 Å². The summed E-state index contributed by atoms with van der Waals surface area (Å²) in [6.07, 6.45) is 0. The Hall–Kier alpha value is -6.64. The maximum absolute atomic E-state index is 6.55. The van der Waals surface area contributed by atoms with Gasteiger partial charge in [0.1, 0.15) is 11.5 Å². The van der Waals surface area contributed by atoms with E-state index < -0.39 is 5.41 Å². The first kappa shape index (κ1) is 29.3. The Kier molecular flexibility index (Phi) is 6.75. The van der Waals surface area contributed by atoms with Crippen LogP contribution in [0.2, 0.25) is 0 Å². The van der Waals surface area contributed by atoms with Crippen molar-refractivity contribution < 1.29 is 4.74 Å². The van der Waals surface area contributed by atoms with E-state index in [9.17, 15) is 0 Å². The number of para-hydroxylation sites is 2. The smallest absolute Gasteiger partial charge is 0.132 e. The standard InChI is InChI=1S/C49H33NO/c1-3-13-34(14-4-1)36-23-27-38(28-24-36)50(39-29-25-37(26-30-39)35-15-5-2-6-16-35)40-31-32-44-42(33-40)41-17-7-8-18-43(41)49(44)45-19-9-11-21-47(45)51-48-22-12-10-20-46(48)49/h1-33H. The molecule has 0 unspecified atom stereocenters. The highest BCUT2D eigenvalue weighted by Gasteiger charge is 2.51. The van der Waals surface area contributed by atoms with Crippen molar-refractivity contribution in [2.24, 2.45) is 0 Å². The SMILES string of the molecule is c1ccc(-c2ccc(N(c3ccc(-c4ccccc4)cc3)c3ccc4c(c3)-c3ccccc3C43c4ccccc4Oc4ccccc43)cc2)cc1. The predicted molar refractivity (Wildman–Crippen MR) is 209 cm³/mol. The van der Waals surface area contributed by atoms with Crippen molar-refractivity contribution in [3.63, 3.8) is 0 Å². The van der Waals surface area contributed by atoms with E-state index >= 15 is 0 Å². The van der Waals surface area contributed by atoms with Crippen molar-refractivity contribution in [2.75, 3.05) is 4.90 Å². The summed E-state index contributed by atoms with van der Waals surface area (Å²) in [7, 11) is 0. The molecule has 8 aromatic rings. The summed E-state index contributed by atoms with van der Waals surface area (Å²) in [6, 6.07) is 72.0. The Morgan fingerprint density at radius 2 is 0.725 bits per heavy atom. The van der Waals surface area contributed by atoms with Gasteiger partial charge in [0, 0.05) is 28.2 Å². The largest absolute Gasteiger partial charge is 0.457 e. The summed E-state index contributed by atoms with van der Waals surface area (Å²) in [5, 5.41) is 0. The summed E-state index contributed by atoms with van der Waals surface area (Å²) in [5.74, 6) is 1.81. The average molecular weight is 652 g/mol. The van der Waals surface area contributed by atoms with E-state index in [2.05, 4.69) is 205 Å². The monoisotopic (exact) mass is 651 g/mol. The van der Waals surface area contributed by atoms with Crippen molar-refractivity contribution in [2.45, 2.75) is 5.41 Å². The lowest BCUT2D eigenvalue weighted by molar-refractivity contribution is 0.436. The van der Waals surface area contributed by atoms with E-state index in [-0.39, 0.29) is 0 Å². The molecule has 1 spiro atoms. The first-order chi connectivity index (χ1) is 25.3. The molecule has 0 atom stereocenters. The summed E-state index contributed by atoms with van der Waals surface area (Å²) >= 11 is 0. The predicted octanol–water partition coefficient (Wildman–Crippen LogP) is 13.0. The van der Waals surface area contributed by atoms with Crippen LogP contribution in [0.5, 0.6) is 11.5 Å². The average Bonchev–Trinajstić information content (AvgIpc) is 3.49. The lowest BCUT2D eigenvalue weighted by Gasteiger charge is -2.39. The quantitative estimate of drug-likeness (QED) is 0.184. The minimum absolute atomic E-state index is 0.491. The molecule has 0 radical (unpaired) electrons. The van der Waals surface area contributed by atoms with Gasteiger partial charge in [-0.05, 0) is 93.0 Å².